The summed E-state index contributed by atoms with van der Waals surface area (Å²) in [7, 11) is 1.66. The summed E-state index contributed by atoms with van der Waals surface area (Å²) in [5.41, 5.74) is 2.77. The second-order valence-corrected chi connectivity index (χ2v) is 6.03. The lowest BCUT2D eigenvalue weighted by atomic mass is 10.1. The molecular formula is C19H20FN5O2. The standard InChI is InChI=1S/C19H20FN5O2/c1-21-19(24-11-13-3-2-4-16(9-13)25(26)27)22-8-7-14-12-23-18-6-5-15(20)10-17(14)18/h2-6,9-10,12,23H,7-8,11H2,1H3,(H2,21,22,24). The Hall–Kier alpha value is -3.42. The van der Waals surface area contributed by atoms with E-state index in [0.29, 0.717) is 25.5 Å². The molecule has 3 aromatic rings. The maximum atomic E-state index is 13.4. The van der Waals surface area contributed by atoms with Crippen molar-refractivity contribution in [2.75, 3.05) is 13.6 Å². The molecule has 140 valence electrons. The molecule has 8 heteroatoms. The predicted octanol–water partition coefficient (Wildman–Crippen LogP) is 3.12. The number of nitro benzene ring substituents is 1. The number of H-pyrrole nitrogens is 1. The Labute approximate surface area is 155 Å². The number of aromatic amines is 1. The Morgan fingerprint density at radius 1 is 1.26 bits per heavy atom. The Balaban J connectivity index is 1.54. The molecule has 0 radical (unpaired) electrons. The molecule has 7 nitrogen and oxygen atoms in total. The fraction of sp³-hybridized carbons (Fsp3) is 0.211. The third-order valence-electron chi connectivity index (χ3n) is 4.22. The van der Waals surface area contributed by atoms with Gasteiger partial charge in [0, 0.05) is 49.4 Å². The van der Waals surface area contributed by atoms with Crippen LogP contribution in [0.4, 0.5) is 10.1 Å². The molecule has 0 unspecified atom stereocenters. The van der Waals surface area contributed by atoms with Crippen molar-refractivity contribution in [3.63, 3.8) is 0 Å². The van der Waals surface area contributed by atoms with Crippen LogP contribution in [0.2, 0.25) is 0 Å². The second-order valence-electron chi connectivity index (χ2n) is 6.03. The maximum absolute atomic E-state index is 13.4. The van der Waals surface area contributed by atoms with Crippen LogP contribution in [-0.4, -0.2) is 29.5 Å². The molecule has 0 atom stereocenters. The Morgan fingerprint density at radius 3 is 2.89 bits per heavy atom. The largest absolute Gasteiger partial charge is 0.361 e. The molecule has 0 spiro atoms. The van der Waals surface area contributed by atoms with Crippen LogP contribution in [0.1, 0.15) is 11.1 Å². The summed E-state index contributed by atoms with van der Waals surface area (Å²) in [4.78, 5) is 17.7. The van der Waals surface area contributed by atoms with E-state index in [2.05, 4.69) is 20.6 Å². The number of rotatable bonds is 6. The van der Waals surface area contributed by atoms with E-state index in [1.165, 1.54) is 24.3 Å². The van der Waals surface area contributed by atoms with E-state index in [1.54, 1.807) is 19.2 Å². The predicted molar refractivity (Wildman–Crippen MR) is 103 cm³/mol. The van der Waals surface area contributed by atoms with Gasteiger partial charge in [0.25, 0.3) is 5.69 Å². The number of hydrogen-bond acceptors (Lipinski definition) is 3. The highest BCUT2D eigenvalue weighted by atomic mass is 19.1. The molecule has 27 heavy (non-hydrogen) atoms. The average Bonchev–Trinajstić information content (AvgIpc) is 3.06. The number of hydrogen-bond donors (Lipinski definition) is 3. The van der Waals surface area contributed by atoms with Crippen molar-refractivity contribution in [1.29, 1.82) is 0 Å². The molecule has 0 bridgehead atoms. The highest BCUT2D eigenvalue weighted by Crippen LogP contribution is 2.19. The number of aliphatic imine (C=N–C) groups is 1. The van der Waals surface area contributed by atoms with E-state index in [-0.39, 0.29) is 11.5 Å². The lowest BCUT2D eigenvalue weighted by molar-refractivity contribution is -0.384. The molecule has 0 saturated heterocycles. The Bertz CT molecular complexity index is 983. The van der Waals surface area contributed by atoms with Crippen LogP contribution in [0.25, 0.3) is 10.9 Å². The van der Waals surface area contributed by atoms with Gasteiger partial charge in [-0.1, -0.05) is 12.1 Å². The highest BCUT2D eigenvalue weighted by Gasteiger charge is 2.07. The zero-order valence-electron chi connectivity index (χ0n) is 14.8. The molecule has 1 heterocycles. The van der Waals surface area contributed by atoms with Gasteiger partial charge in [0.15, 0.2) is 5.96 Å². The topological polar surface area (TPSA) is 95.3 Å². The molecule has 0 saturated carbocycles. The van der Waals surface area contributed by atoms with Crippen molar-refractivity contribution in [2.24, 2.45) is 4.99 Å². The fourth-order valence-electron chi connectivity index (χ4n) is 2.86. The molecule has 1 aromatic heterocycles. The number of halogens is 1. The first-order chi connectivity index (χ1) is 13.1. The van der Waals surface area contributed by atoms with Crippen LogP contribution >= 0.6 is 0 Å². The molecule has 2 aromatic carbocycles. The van der Waals surface area contributed by atoms with Crippen LogP contribution in [0.5, 0.6) is 0 Å². The number of guanidine groups is 1. The first kappa shape index (κ1) is 18.4. The normalized spacial score (nSPS) is 11.6. The highest BCUT2D eigenvalue weighted by molar-refractivity contribution is 5.83. The average molecular weight is 369 g/mol. The molecule has 0 aliphatic rings. The van der Waals surface area contributed by atoms with Gasteiger partial charge in [-0.05, 0) is 35.7 Å². The summed E-state index contributed by atoms with van der Waals surface area (Å²) in [6.07, 6.45) is 2.58. The first-order valence-electron chi connectivity index (χ1n) is 8.50. The van der Waals surface area contributed by atoms with E-state index < -0.39 is 4.92 Å². The van der Waals surface area contributed by atoms with E-state index in [0.717, 1.165) is 22.0 Å². The van der Waals surface area contributed by atoms with E-state index in [4.69, 9.17) is 0 Å². The van der Waals surface area contributed by atoms with Crippen molar-refractivity contribution >= 4 is 22.5 Å². The van der Waals surface area contributed by atoms with Gasteiger partial charge in [0.05, 0.1) is 4.92 Å². The minimum atomic E-state index is -0.416. The summed E-state index contributed by atoms with van der Waals surface area (Å²) in [5, 5.41) is 18.0. The number of non-ortho nitro benzene ring substituents is 1. The fourth-order valence-corrected chi connectivity index (χ4v) is 2.86. The Morgan fingerprint density at radius 2 is 2.11 bits per heavy atom. The minimum absolute atomic E-state index is 0.0591. The van der Waals surface area contributed by atoms with Crippen molar-refractivity contribution < 1.29 is 9.31 Å². The third kappa shape index (κ3) is 4.60. The van der Waals surface area contributed by atoms with Crippen LogP contribution in [0.15, 0.2) is 53.7 Å². The quantitative estimate of drug-likeness (QED) is 0.269. The van der Waals surface area contributed by atoms with Gasteiger partial charge in [-0.25, -0.2) is 4.39 Å². The number of fused-ring (bicyclic) bond motifs is 1. The zero-order chi connectivity index (χ0) is 19.2. The van der Waals surface area contributed by atoms with Crippen LogP contribution in [-0.2, 0) is 13.0 Å². The molecule has 0 aliphatic carbocycles. The van der Waals surface area contributed by atoms with E-state index in [9.17, 15) is 14.5 Å². The molecule has 0 fully saturated rings. The second kappa shape index (κ2) is 8.31. The van der Waals surface area contributed by atoms with Crippen molar-refractivity contribution in [3.05, 3.63) is 75.7 Å². The summed E-state index contributed by atoms with van der Waals surface area (Å²) in [6.45, 7) is 1.03. The van der Waals surface area contributed by atoms with Crippen LogP contribution in [0.3, 0.4) is 0 Å². The number of nitrogens with zero attached hydrogens (tertiary/aromatic N) is 2. The van der Waals surface area contributed by atoms with Crippen molar-refractivity contribution in [3.8, 4) is 0 Å². The van der Waals surface area contributed by atoms with Gasteiger partial charge in [0.1, 0.15) is 5.82 Å². The van der Waals surface area contributed by atoms with E-state index in [1.807, 2.05) is 12.3 Å². The van der Waals surface area contributed by atoms with Crippen LogP contribution < -0.4 is 10.6 Å². The van der Waals surface area contributed by atoms with Gasteiger partial charge in [-0.3, -0.25) is 15.1 Å². The third-order valence-corrected chi connectivity index (χ3v) is 4.22. The minimum Gasteiger partial charge on any atom is -0.361 e. The molecule has 3 N–H and O–H groups in total. The zero-order valence-corrected chi connectivity index (χ0v) is 14.8. The smallest absolute Gasteiger partial charge is 0.269 e. The van der Waals surface area contributed by atoms with Crippen LogP contribution in [0, 0.1) is 15.9 Å². The lowest BCUT2D eigenvalue weighted by Crippen LogP contribution is -2.37. The molecule has 0 amide bonds. The first-order valence-corrected chi connectivity index (χ1v) is 8.50. The summed E-state index contributed by atoms with van der Waals surface area (Å²) in [6, 6.07) is 11.1. The van der Waals surface area contributed by atoms with Gasteiger partial charge < -0.3 is 15.6 Å². The van der Waals surface area contributed by atoms with Gasteiger partial charge in [0.2, 0.25) is 0 Å². The van der Waals surface area contributed by atoms with Crippen molar-refractivity contribution in [2.45, 2.75) is 13.0 Å². The van der Waals surface area contributed by atoms with Gasteiger partial charge >= 0.3 is 0 Å². The van der Waals surface area contributed by atoms with Gasteiger partial charge in [-0.15, -0.1) is 0 Å². The number of nitrogens with one attached hydrogen (secondary N) is 3. The van der Waals surface area contributed by atoms with Gasteiger partial charge in [-0.2, -0.15) is 0 Å². The number of nitro groups is 1. The van der Waals surface area contributed by atoms with E-state index >= 15 is 0 Å². The SMILES string of the molecule is CN=C(NCCc1c[nH]c2ccc(F)cc12)NCc1cccc([N+](=O)[O-])c1. The summed E-state index contributed by atoms with van der Waals surface area (Å²) >= 11 is 0. The Kier molecular flexibility index (Phi) is 5.65. The maximum Gasteiger partial charge on any atom is 0.269 e. The lowest BCUT2D eigenvalue weighted by Gasteiger charge is -2.11. The molecular weight excluding hydrogens is 349 g/mol. The summed E-state index contributed by atoms with van der Waals surface area (Å²) in [5.74, 6) is 0.332. The molecule has 3 rings (SSSR count). The summed E-state index contributed by atoms with van der Waals surface area (Å²) < 4.78 is 13.4. The van der Waals surface area contributed by atoms with Crippen molar-refractivity contribution in [1.82, 2.24) is 15.6 Å². The molecule has 0 aliphatic heterocycles. The monoisotopic (exact) mass is 369 g/mol. The number of benzene rings is 2. The number of aromatic nitrogens is 1.